The Balaban J connectivity index is 1.26. The van der Waals surface area contributed by atoms with Gasteiger partial charge in [0.15, 0.2) is 0 Å². The molecule has 2 aromatic heterocycles. The fourth-order valence-electron chi connectivity index (χ4n) is 4.41. The molecule has 0 aliphatic carbocycles. The van der Waals surface area contributed by atoms with Gasteiger partial charge in [-0.25, -0.2) is 4.98 Å². The highest BCUT2D eigenvalue weighted by Crippen LogP contribution is 2.25. The van der Waals surface area contributed by atoms with Gasteiger partial charge in [0.25, 0.3) is 5.91 Å². The molecule has 1 aliphatic rings. The van der Waals surface area contributed by atoms with Crippen molar-refractivity contribution in [3.63, 3.8) is 0 Å². The summed E-state index contributed by atoms with van der Waals surface area (Å²) in [7, 11) is 3.44. The Hall–Kier alpha value is -4.40. The third-order valence-electron chi connectivity index (χ3n) is 6.48. The molecule has 0 atom stereocenters. The number of benzene rings is 2. The van der Waals surface area contributed by atoms with Gasteiger partial charge in [-0.15, -0.1) is 0 Å². The Bertz CT molecular complexity index is 1410. The van der Waals surface area contributed by atoms with E-state index in [-0.39, 0.29) is 5.91 Å². The number of nitrogens with one attached hydrogen (secondary N) is 1. The fraction of sp³-hybridized carbons (Fsp3) is 0.286. The molecular weight excluding hydrogens is 466 g/mol. The number of amides is 1. The number of aryl methyl sites for hydroxylation is 3. The minimum Gasteiger partial charge on any atom is -0.497 e. The largest absolute Gasteiger partial charge is 0.497 e. The summed E-state index contributed by atoms with van der Waals surface area (Å²) in [6.45, 7) is 6.50. The molecule has 1 amide bonds. The Kier molecular flexibility index (Phi) is 6.76. The molecule has 1 N–H and O–H groups in total. The number of carbonyl (C=O) groups excluding carboxylic acids is 1. The van der Waals surface area contributed by atoms with E-state index in [0.717, 1.165) is 34.2 Å². The van der Waals surface area contributed by atoms with Crippen LogP contribution in [0.5, 0.6) is 5.75 Å². The molecule has 9 nitrogen and oxygen atoms in total. The number of carbonyl (C=O) groups is 1. The average molecular weight is 498 g/mol. The summed E-state index contributed by atoms with van der Waals surface area (Å²) in [5.74, 6) is 2.14. The number of anilines is 3. The van der Waals surface area contributed by atoms with Crippen LogP contribution in [0.1, 0.15) is 21.7 Å². The smallest absolute Gasteiger partial charge is 0.272 e. The van der Waals surface area contributed by atoms with Crippen LogP contribution in [0.4, 0.5) is 17.5 Å². The third kappa shape index (κ3) is 5.40. The maximum absolute atomic E-state index is 13.3. The lowest BCUT2D eigenvalue weighted by atomic mass is 10.1. The standard InChI is InChI=1S/C28H31N7O2/c1-19-8-10-22(11-9-19)30-26-16-20(2)29-28(31-26)35-14-12-34(13-15-35)27(36)25-18-24(32-33(25)3)21-6-5-7-23(17-21)37-4/h5-11,16-18H,12-15H2,1-4H3,(H,29,30,31). The number of rotatable bonds is 6. The quantitative estimate of drug-likeness (QED) is 0.427. The normalized spacial score (nSPS) is 13.5. The molecule has 0 radical (unpaired) electrons. The molecule has 3 heterocycles. The van der Waals surface area contributed by atoms with Crippen LogP contribution in [0.3, 0.4) is 0 Å². The van der Waals surface area contributed by atoms with Crippen molar-refractivity contribution in [2.45, 2.75) is 13.8 Å². The molecule has 190 valence electrons. The predicted molar refractivity (Wildman–Crippen MR) is 145 cm³/mol. The zero-order valence-electron chi connectivity index (χ0n) is 21.6. The molecular formula is C28H31N7O2. The van der Waals surface area contributed by atoms with Crippen LogP contribution in [-0.4, -0.2) is 63.8 Å². The molecule has 1 aliphatic heterocycles. The number of methoxy groups -OCH3 is 1. The topological polar surface area (TPSA) is 88.4 Å². The Morgan fingerprint density at radius 1 is 0.946 bits per heavy atom. The second-order valence-corrected chi connectivity index (χ2v) is 9.24. The van der Waals surface area contributed by atoms with Crippen molar-refractivity contribution in [3.8, 4) is 17.0 Å². The average Bonchev–Trinajstić information content (AvgIpc) is 3.31. The highest BCUT2D eigenvalue weighted by molar-refractivity contribution is 5.94. The molecule has 1 fully saturated rings. The van der Waals surface area contributed by atoms with Crippen LogP contribution in [-0.2, 0) is 7.05 Å². The highest BCUT2D eigenvalue weighted by atomic mass is 16.5. The summed E-state index contributed by atoms with van der Waals surface area (Å²) in [4.78, 5) is 26.7. The van der Waals surface area contributed by atoms with Gasteiger partial charge in [0.05, 0.1) is 12.8 Å². The molecule has 0 bridgehead atoms. The van der Waals surface area contributed by atoms with E-state index < -0.39 is 0 Å². The minimum atomic E-state index is -0.0318. The Labute approximate surface area is 216 Å². The van der Waals surface area contributed by atoms with Gasteiger partial charge < -0.3 is 19.9 Å². The van der Waals surface area contributed by atoms with E-state index in [1.165, 1.54) is 5.56 Å². The van der Waals surface area contributed by atoms with Crippen molar-refractivity contribution in [1.82, 2.24) is 24.6 Å². The number of hydrogen-bond acceptors (Lipinski definition) is 7. The monoisotopic (exact) mass is 497 g/mol. The van der Waals surface area contributed by atoms with Crippen molar-refractivity contribution in [2.75, 3.05) is 43.5 Å². The third-order valence-corrected chi connectivity index (χ3v) is 6.48. The molecule has 0 unspecified atom stereocenters. The van der Waals surface area contributed by atoms with Crippen molar-refractivity contribution < 1.29 is 9.53 Å². The van der Waals surface area contributed by atoms with Crippen LogP contribution >= 0.6 is 0 Å². The van der Waals surface area contributed by atoms with Crippen LogP contribution in [0, 0.1) is 13.8 Å². The fourth-order valence-corrected chi connectivity index (χ4v) is 4.41. The summed E-state index contributed by atoms with van der Waals surface area (Å²) in [5, 5.41) is 7.94. The first-order valence-corrected chi connectivity index (χ1v) is 12.3. The first-order chi connectivity index (χ1) is 17.9. The maximum Gasteiger partial charge on any atom is 0.272 e. The first-order valence-electron chi connectivity index (χ1n) is 12.3. The van der Waals surface area contributed by atoms with Gasteiger partial charge in [0, 0.05) is 56.2 Å². The molecule has 37 heavy (non-hydrogen) atoms. The molecule has 2 aromatic carbocycles. The molecule has 0 spiro atoms. The van der Waals surface area contributed by atoms with Crippen LogP contribution in [0.25, 0.3) is 11.3 Å². The molecule has 4 aromatic rings. The Morgan fingerprint density at radius 2 is 1.70 bits per heavy atom. The van der Waals surface area contributed by atoms with Gasteiger partial charge in [-0.3, -0.25) is 9.48 Å². The molecule has 9 heteroatoms. The van der Waals surface area contributed by atoms with Gasteiger partial charge in [0.2, 0.25) is 5.95 Å². The Morgan fingerprint density at radius 3 is 2.43 bits per heavy atom. The van der Waals surface area contributed by atoms with Crippen molar-refractivity contribution in [3.05, 3.63) is 77.6 Å². The van der Waals surface area contributed by atoms with Crippen molar-refractivity contribution in [2.24, 2.45) is 7.05 Å². The summed E-state index contributed by atoms with van der Waals surface area (Å²) < 4.78 is 6.97. The van der Waals surface area contributed by atoms with E-state index in [9.17, 15) is 4.79 Å². The lowest BCUT2D eigenvalue weighted by molar-refractivity contribution is 0.0735. The number of hydrogen-bond donors (Lipinski definition) is 1. The van der Waals surface area contributed by atoms with E-state index in [1.807, 2.05) is 60.4 Å². The minimum absolute atomic E-state index is 0.0318. The van der Waals surface area contributed by atoms with Gasteiger partial charge in [-0.1, -0.05) is 29.8 Å². The summed E-state index contributed by atoms with van der Waals surface area (Å²) in [5.41, 5.74) is 5.28. The lowest BCUT2D eigenvalue weighted by Gasteiger charge is -2.34. The van der Waals surface area contributed by atoms with E-state index in [0.29, 0.717) is 37.8 Å². The van der Waals surface area contributed by atoms with Crippen LogP contribution < -0.4 is 15.0 Å². The molecule has 1 saturated heterocycles. The van der Waals surface area contributed by atoms with Gasteiger partial charge >= 0.3 is 0 Å². The second kappa shape index (κ2) is 10.3. The van der Waals surface area contributed by atoms with E-state index in [2.05, 4.69) is 39.4 Å². The van der Waals surface area contributed by atoms with Crippen LogP contribution in [0.15, 0.2) is 60.7 Å². The lowest BCUT2D eigenvalue weighted by Crippen LogP contribution is -2.49. The van der Waals surface area contributed by atoms with Crippen molar-refractivity contribution >= 4 is 23.4 Å². The van der Waals surface area contributed by atoms with E-state index in [1.54, 1.807) is 18.8 Å². The summed E-state index contributed by atoms with van der Waals surface area (Å²) in [6.07, 6.45) is 0. The zero-order valence-corrected chi connectivity index (χ0v) is 21.6. The first kappa shape index (κ1) is 24.3. The van der Waals surface area contributed by atoms with E-state index in [4.69, 9.17) is 9.72 Å². The number of piperazine rings is 1. The summed E-state index contributed by atoms with van der Waals surface area (Å²) >= 11 is 0. The van der Waals surface area contributed by atoms with Gasteiger partial charge in [-0.2, -0.15) is 10.1 Å². The van der Waals surface area contributed by atoms with Crippen LogP contribution in [0.2, 0.25) is 0 Å². The summed E-state index contributed by atoms with van der Waals surface area (Å²) in [6, 6.07) is 19.7. The maximum atomic E-state index is 13.3. The predicted octanol–water partition coefficient (Wildman–Crippen LogP) is 4.21. The number of aromatic nitrogens is 4. The van der Waals surface area contributed by atoms with E-state index >= 15 is 0 Å². The zero-order chi connectivity index (χ0) is 25.9. The second-order valence-electron chi connectivity index (χ2n) is 9.24. The number of nitrogens with zero attached hydrogens (tertiary/aromatic N) is 6. The van der Waals surface area contributed by atoms with Gasteiger partial charge in [0.1, 0.15) is 17.3 Å². The van der Waals surface area contributed by atoms with Crippen molar-refractivity contribution in [1.29, 1.82) is 0 Å². The number of ether oxygens (including phenoxy) is 1. The SMILES string of the molecule is COc1cccc(-c2cc(C(=O)N3CCN(c4nc(C)cc(Nc5ccc(C)cc5)n4)CC3)n(C)n2)c1. The highest BCUT2D eigenvalue weighted by Gasteiger charge is 2.26. The van der Waals surface area contributed by atoms with Gasteiger partial charge in [-0.05, 0) is 44.2 Å². The molecule has 5 rings (SSSR count). The molecule has 0 saturated carbocycles.